The summed E-state index contributed by atoms with van der Waals surface area (Å²) < 4.78 is 44.3. The second-order valence-corrected chi connectivity index (χ2v) is 8.99. The van der Waals surface area contributed by atoms with Crippen molar-refractivity contribution in [1.82, 2.24) is 19.1 Å². The van der Waals surface area contributed by atoms with E-state index in [1.165, 1.54) is 30.7 Å². The van der Waals surface area contributed by atoms with Crippen molar-refractivity contribution in [3.63, 3.8) is 0 Å². The summed E-state index contributed by atoms with van der Waals surface area (Å²) in [6, 6.07) is 5.19. The summed E-state index contributed by atoms with van der Waals surface area (Å²) in [5.74, 6) is 0.103. The Kier molecular flexibility index (Phi) is 5.02. The van der Waals surface area contributed by atoms with Crippen LogP contribution in [0.4, 0.5) is 5.82 Å². The number of hydrogen-bond acceptors (Lipinski definition) is 5. The Bertz CT molecular complexity index is 883. The highest BCUT2D eigenvalue weighted by atomic mass is 32.3. The van der Waals surface area contributed by atoms with E-state index in [9.17, 15) is 12.6 Å². The molecule has 0 aliphatic carbocycles. The second kappa shape index (κ2) is 6.64. The van der Waals surface area contributed by atoms with Gasteiger partial charge in [-0.1, -0.05) is 9.83 Å². The van der Waals surface area contributed by atoms with Crippen LogP contribution in [-0.4, -0.2) is 52.0 Å². The Morgan fingerprint density at radius 1 is 1.30 bits per heavy atom. The molecule has 2 heterocycles. The quantitative estimate of drug-likeness (QED) is 0.811. The first kappa shape index (κ1) is 17.4. The molecule has 0 saturated heterocycles. The average molecular weight is 358 g/mol. The minimum absolute atomic E-state index is 0.103. The van der Waals surface area contributed by atoms with Crippen LogP contribution in [0.5, 0.6) is 0 Å². The van der Waals surface area contributed by atoms with Crippen LogP contribution in [0.3, 0.4) is 0 Å². The second-order valence-electron chi connectivity index (χ2n) is 4.99. The van der Waals surface area contributed by atoms with Gasteiger partial charge in [-0.2, -0.15) is 13.5 Å². The number of nitrogens with one attached hydrogen (secondary N) is 1. The molecule has 0 spiro atoms. The lowest BCUT2D eigenvalue weighted by molar-refractivity contribution is 0.590. The molecule has 1 N–H and O–H groups in total. The molecule has 11 heteroatoms. The average Bonchev–Trinajstić information content (AvgIpc) is 2.84. The maximum absolute atomic E-state index is 12.0. The largest absolute Gasteiger partial charge is 0.352 e. The number of pyridine rings is 1. The molecule has 1 atom stereocenters. The van der Waals surface area contributed by atoms with Gasteiger partial charge in [-0.3, -0.25) is 9.67 Å². The molecule has 2 aromatic heterocycles. The lowest BCUT2D eigenvalue weighted by Gasteiger charge is -2.11. The topological polar surface area (TPSA) is 110 Å². The van der Waals surface area contributed by atoms with Gasteiger partial charge in [0.05, 0.1) is 6.54 Å². The molecule has 0 aromatic carbocycles. The van der Waals surface area contributed by atoms with Gasteiger partial charge >= 0.3 is 10.2 Å². The van der Waals surface area contributed by atoms with Crippen molar-refractivity contribution >= 4 is 25.9 Å². The first-order valence-corrected chi connectivity index (χ1v) is 9.86. The van der Waals surface area contributed by atoms with Gasteiger partial charge in [0.25, 0.3) is 0 Å². The van der Waals surface area contributed by atoms with Crippen molar-refractivity contribution in [1.29, 1.82) is 0 Å². The third kappa shape index (κ3) is 5.01. The molecule has 126 valence electrons. The van der Waals surface area contributed by atoms with Crippen molar-refractivity contribution in [2.45, 2.75) is 6.54 Å². The minimum atomic E-state index is -4.13. The van der Waals surface area contributed by atoms with Crippen LogP contribution < -0.4 is 4.72 Å². The van der Waals surface area contributed by atoms with E-state index in [0.29, 0.717) is 6.54 Å². The smallest absolute Gasteiger partial charge is 0.266 e. The third-order valence-electron chi connectivity index (χ3n) is 2.86. The highest BCUT2D eigenvalue weighted by Gasteiger charge is 2.15. The minimum Gasteiger partial charge on any atom is -0.266 e. The van der Waals surface area contributed by atoms with E-state index in [1.54, 1.807) is 29.3 Å². The van der Waals surface area contributed by atoms with Gasteiger partial charge in [-0.05, 0) is 11.6 Å². The van der Waals surface area contributed by atoms with Crippen molar-refractivity contribution in [3.05, 3.63) is 42.4 Å². The highest BCUT2D eigenvalue weighted by Crippen LogP contribution is 2.10. The van der Waals surface area contributed by atoms with Gasteiger partial charge < -0.3 is 0 Å². The van der Waals surface area contributed by atoms with Crippen LogP contribution in [0.2, 0.25) is 0 Å². The molecule has 23 heavy (non-hydrogen) atoms. The van der Waals surface area contributed by atoms with Crippen molar-refractivity contribution in [3.8, 4) is 0 Å². The van der Waals surface area contributed by atoms with Gasteiger partial charge in [-0.15, -0.1) is 0 Å². The van der Waals surface area contributed by atoms with E-state index in [0.717, 1.165) is 5.56 Å². The molecule has 0 fully saturated rings. The van der Waals surface area contributed by atoms with Crippen LogP contribution >= 0.6 is 0 Å². The maximum Gasteiger partial charge on any atom is 0.352 e. The lowest BCUT2D eigenvalue weighted by Crippen LogP contribution is -2.23. The lowest BCUT2D eigenvalue weighted by atomic mass is 10.3. The molecule has 0 bridgehead atoms. The predicted molar refractivity (Wildman–Crippen MR) is 88.3 cm³/mol. The van der Waals surface area contributed by atoms with Crippen molar-refractivity contribution < 1.29 is 12.6 Å². The fraction of sp³-hybridized carbons (Fsp3) is 0.333. The monoisotopic (exact) mass is 358 g/mol. The fourth-order valence-corrected chi connectivity index (χ4v) is 4.09. The molecular formula is C12H18N6O3S2. The molecule has 1 unspecified atom stereocenters. The fourth-order valence-electron chi connectivity index (χ4n) is 1.58. The molecule has 0 aliphatic rings. The van der Waals surface area contributed by atoms with Crippen LogP contribution in [0.1, 0.15) is 5.56 Å². The summed E-state index contributed by atoms with van der Waals surface area (Å²) in [6.07, 6.45) is 6.23. The van der Waals surface area contributed by atoms with Gasteiger partial charge in [0, 0.05) is 45.0 Å². The summed E-state index contributed by atoms with van der Waals surface area (Å²) in [6.45, 7) is 0.453. The van der Waals surface area contributed by atoms with E-state index in [2.05, 4.69) is 18.6 Å². The summed E-state index contributed by atoms with van der Waals surface area (Å²) in [7, 11) is -4.15. The summed E-state index contributed by atoms with van der Waals surface area (Å²) >= 11 is 0. The number of hydrogen-bond donors (Lipinski definition) is 1. The van der Waals surface area contributed by atoms with E-state index in [-0.39, 0.29) is 5.82 Å². The Hall–Kier alpha value is -1.98. The number of rotatable bonds is 6. The first-order chi connectivity index (χ1) is 10.7. The molecule has 0 amide bonds. The zero-order valence-corrected chi connectivity index (χ0v) is 14.6. The summed E-state index contributed by atoms with van der Waals surface area (Å²) in [5.41, 5.74) is 0.930. The van der Waals surface area contributed by atoms with E-state index in [4.69, 9.17) is 0 Å². The Balaban J connectivity index is 2.14. The standard InChI is InChI=1S/C12H18N6O3S2/c1-17(2)22(3,19)16-23(20,21)15-12-6-8-18(14-12)10-11-5-4-7-13-9-11/h4-9H,10H2,1-3H3,(H,14,15). The van der Waals surface area contributed by atoms with E-state index in [1.807, 2.05) is 6.07 Å². The van der Waals surface area contributed by atoms with Gasteiger partial charge in [0.1, 0.15) is 9.92 Å². The summed E-state index contributed by atoms with van der Waals surface area (Å²) in [4.78, 5) is 4.00. The van der Waals surface area contributed by atoms with Crippen molar-refractivity contribution in [2.75, 3.05) is 25.1 Å². The van der Waals surface area contributed by atoms with Crippen LogP contribution in [-0.2, 0) is 26.7 Å². The van der Waals surface area contributed by atoms with E-state index < -0.39 is 20.1 Å². The Morgan fingerprint density at radius 2 is 2.04 bits per heavy atom. The van der Waals surface area contributed by atoms with Crippen LogP contribution in [0.25, 0.3) is 0 Å². The molecule has 0 saturated carbocycles. The van der Waals surface area contributed by atoms with Crippen LogP contribution in [0.15, 0.2) is 40.6 Å². The van der Waals surface area contributed by atoms with Crippen molar-refractivity contribution in [2.24, 2.45) is 3.77 Å². The Labute approximate surface area is 135 Å². The normalized spacial score (nSPS) is 14.4. The SMILES string of the molecule is CN(C)S(C)(=O)=NS(=O)(=O)Nc1ccn(Cc2cccnc2)n1. The Morgan fingerprint density at radius 3 is 2.65 bits per heavy atom. The number of anilines is 1. The van der Waals surface area contributed by atoms with Gasteiger partial charge in [-0.25, -0.2) is 13.2 Å². The maximum atomic E-state index is 12.0. The van der Waals surface area contributed by atoms with E-state index >= 15 is 0 Å². The van der Waals surface area contributed by atoms with Gasteiger partial charge in [0.2, 0.25) is 0 Å². The molecule has 0 radical (unpaired) electrons. The molecule has 2 aromatic rings. The van der Waals surface area contributed by atoms with Crippen LogP contribution in [0, 0.1) is 0 Å². The van der Waals surface area contributed by atoms with Gasteiger partial charge in [0.15, 0.2) is 5.82 Å². The summed E-state index contributed by atoms with van der Waals surface area (Å²) in [5, 5.41) is 4.10. The first-order valence-electron chi connectivity index (χ1n) is 6.54. The predicted octanol–water partition coefficient (Wildman–Crippen LogP) is 0.557. The highest BCUT2D eigenvalue weighted by molar-refractivity contribution is 8.02. The molecule has 2 rings (SSSR count). The molecule has 9 nitrogen and oxygen atoms in total. The molecule has 0 aliphatic heterocycles. The zero-order valence-electron chi connectivity index (χ0n) is 12.9. The molecular weight excluding hydrogens is 340 g/mol. The zero-order chi connectivity index (χ0) is 17.1. The third-order valence-corrected chi connectivity index (χ3v) is 6.57. The number of nitrogens with zero attached hydrogens (tertiary/aromatic N) is 5. The number of aromatic nitrogens is 3.